The quantitative estimate of drug-likeness (QED) is 0.392. The van der Waals surface area contributed by atoms with E-state index >= 15 is 0 Å². The van der Waals surface area contributed by atoms with Gasteiger partial charge in [-0.25, -0.2) is 4.79 Å². The number of nitrogens with zero attached hydrogens (tertiary/aromatic N) is 1. The molecule has 1 aromatic rings. The first kappa shape index (κ1) is 27.3. The number of carboxylic acid groups (broad SMARTS) is 1. The van der Waals surface area contributed by atoms with E-state index in [1.54, 1.807) is 6.07 Å². The highest BCUT2D eigenvalue weighted by Gasteiger charge is 2.70. The second kappa shape index (κ2) is 8.58. The molecule has 0 bridgehead atoms. The third-order valence-electron chi connectivity index (χ3n) is 14.5. The molecule has 4 saturated carbocycles. The van der Waals surface area contributed by atoms with Crippen LogP contribution in [0.2, 0.25) is 0 Å². The molecule has 1 heterocycles. The van der Waals surface area contributed by atoms with Crippen LogP contribution in [-0.4, -0.2) is 16.2 Å². The predicted molar refractivity (Wildman–Crippen MR) is 156 cm³/mol. The molecule has 4 fully saturated rings. The van der Waals surface area contributed by atoms with Crippen LogP contribution >= 0.6 is 0 Å². The molecule has 4 heteroatoms. The molecular formula is C35H51NO3. The van der Waals surface area contributed by atoms with Crippen LogP contribution in [0.15, 0.2) is 28.8 Å². The maximum Gasteiger partial charge on any atom is 0.358 e. The first-order valence-electron chi connectivity index (χ1n) is 15.8. The zero-order valence-corrected chi connectivity index (χ0v) is 25.5. The van der Waals surface area contributed by atoms with Gasteiger partial charge in [-0.15, -0.1) is 0 Å². The second-order valence-corrected chi connectivity index (χ2v) is 15.8. The molecule has 6 rings (SSSR count). The first-order chi connectivity index (χ1) is 18.2. The fourth-order valence-corrected chi connectivity index (χ4v) is 12.4. The zero-order valence-electron chi connectivity index (χ0n) is 25.5. The standard InChI is InChI=1S/C35H51NO3/c1-9-35-17-12-22(21(2)3)29(35)24-10-11-28-32(6)15-13-23(26-20-25(30(37)38)36-39-26)31(4,5)27(32)14-16-34(28,8)33(24,7)18-19-35/h13,20,22,24,27-29H,2,9-12,14-19H2,1,3-8H3,(H,37,38)/t22-,24+,27-,28+,29+,32-,33+,34+,35+/m0/s1. The minimum absolute atomic E-state index is 0.00191. The van der Waals surface area contributed by atoms with Gasteiger partial charge in [0.1, 0.15) is 0 Å². The summed E-state index contributed by atoms with van der Waals surface area (Å²) >= 11 is 0. The summed E-state index contributed by atoms with van der Waals surface area (Å²) in [7, 11) is 0. The SMILES string of the molecule is C=C(C)[C@@H]1CC[C@]2(CC)CC[C@]3(C)[C@H](CC[C@@H]4[C@@]5(C)CC=C(c6cc(C(=O)O)no6)C(C)(C)[C@@H]5CC[C@]43C)[C@@H]12. The average Bonchev–Trinajstić information content (AvgIpc) is 3.50. The van der Waals surface area contributed by atoms with Gasteiger partial charge in [-0.2, -0.15) is 0 Å². The molecule has 0 aliphatic heterocycles. The van der Waals surface area contributed by atoms with E-state index in [0.717, 1.165) is 23.8 Å². The van der Waals surface area contributed by atoms with E-state index in [1.807, 2.05) is 0 Å². The highest BCUT2D eigenvalue weighted by molar-refractivity contribution is 5.86. The van der Waals surface area contributed by atoms with Gasteiger partial charge in [0.05, 0.1) is 0 Å². The number of allylic oxidation sites excluding steroid dienone is 3. The van der Waals surface area contributed by atoms with E-state index in [4.69, 9.17) is 4.52 Å². The Balaban J connectivity index is 1.37. The van der Waals surface area contributed by atoms with Gasteiger partial charge in [0.15, 0.2) is 11.5 Å². The first-order valence-corrected chi connectivity index (χ1v) is 15.8. The topological polar surface area (TPSA) is 63.3 Å². The van der Waals surface area contributed by atoms with Gasteiger partial charge < -0.3 is 9.63 Å². The Kier molecular flexibility index (Phi) is 6.02. The summed E-state index contributed by atoms with van der Waals surface area (Å²) in [6.07, 6.45) is 15.5. The summed E-state index contributed by atoms with van der Waals surface area (Å²) in [6.45, 7) is 22.1. The molecule has 214 valence electrons. The molecule has 0 amide bonds. The van der Waals surface area contributed by atoms with Crippen LogP contribution in [0.5, 0.6) is 0 Å². The molecule has 0 spiro atoms. The molecule has 0 aromatic carbocycles. The van der Waals surface area contributed by atoms with E-state index < -0.39 is 5.97 Å². The Labute approximate surface area is 236 Å². The van der Waals surface area contributed by atoms with Crippen LogP contribution in [0.3, 0.4) is 0 Å². The lowest BCUT2D eigenvalue weighted by molar-refractivity contribution is -0.225. The van der Waals surface area contributed by atoms with Gasteiger partial charge in [-0.1, -0.05) is 71.3 Å². The molecule has 4 nitrogen and oxygen atoms in total. The molecule has 0 saturated heterocycles. The molecular weight excluding hydrogens is 482 g/mol. The van der Waals surface area contributed by atoms with Crippen molar-refractivity contribution in [3.63, 3.8) is 0 Å². The second-order valence-electron chi connectivity index (χ2n) is 15.8. The number of carboxylic acids is 1. The Morgan fingerprint density at radius 2 is 1.77 bits per heavy atom. The van der Waals surface area contributed by atoms with Crippen LogP contribution < -0.4 is 0 Å². The lowest BCUT2D eigenvalue weighted by Gasteiger charge is -2.72. The number of carbonyl (C=O) groups is 1. The normalized spacial score (nSPS) is 46.3. The lowest BCUT2D eigenvalue weighted by Crippen LogP contribution is -2.65. The maximum absolute atomic E-state index is 11.5. The van der Waals surface area contributed by atoms with Gasteiger partial charge >= 0.3 is 5.97 Å². The molecule has 0 radical (unpaired) electrons. The predicted octanol–water partition coefficient (Wildman–Crippen LogP) is 9.43. The fraction of sp³-hybridized carbons (Fsp3) is 0.771. The smallest absolute Gasteiger partial charge is 0.358 e. The zero-order chi connectivity index (χ0) is 28.2. The van der Waals surface area contributed by atoms with Crippen LogP contribution in [0, 0.1) is 56.7 Å². The van der Waals surface area contributed by atoms with E-state index in [2.05, 4.69) is 66.3 Å². The summed E-state index contributed by atoms with van der Waals surface area (Å²) in [5.41, 5.74) is 3.97. The number of aromatic carboxylic acids is 1. The summed E-state index contributed by atoms with van der Waals surface area (Å²) in [6, 6.07) is 1.62. The Morgan fingerprint density at radius 3 is 2.41 bits per heavy atom. The third kappa shape index (κ3) is 3.41. The maximum atomic E-state index is 11.5. The largest absolute Gasteiger partial charge is 0.476 e. The van der Waals surface area contributed by atoms with Crippen molar-refractivity contribution in [2.75, 3.05) is 0 Å². The van der Waals surface area contributed by atoms with E-state index in [-0.39, 0.29) is 16.5 Å². The van der Waals surface area contributed by atoms with Crippen molar-refractivity contribution in [3.05, 3.63) is 35.7 Å². The van der Waals surface area contributed by atoms with Gasteiger partial charge in [0.2, 0.25) is 0 Å². The highest BCUT2D eigenvalue weighted by Crippen LogP contribution is 2.78. The third-order valence-corrected chi connectivity index (χ3v) is 14.5. The van der Waals surface area contributed by atoms with Crippen molar-refractivity contribution in [3.8, 4) is 0 Å². The van der Waals surface area contributed by atoms with Crippen molar-refractivity contribution in [1.82, 2.24) is 5.16 Å². The van der Waals surface area contributed by atoms with Crippen LogP contribution in [0.4, 0.5) is 0 Å². The van der Waals surface area contributed by atoms with Crippen LogP contribution in [0.25, 0.3) is 5.57 Å². The van der Waals surface area contributed by atoms with Crippen molar-refractivity contribution in [2.24, 2.45) is 56.7 Å². The Bertz CT molecular complexity index is 1220. The van der Waals surface area contributed by atoms with Gasteiger partial charge in [-0.05, 0) is 127 Å². The monoisotopic (exact) mass is 533 g/mol. The number of hydrogen-bond acceptors (Lipinski definition) is 3. The molecule has 39 heavy (non-hydrogen) atoms. The van der Waals surface area contributed by atoms with Crippen LogP contribution in [-0.2, 0) is 0 Å². The minimum Gasteiger partial charge on any atom is -0.476 e. The average molecular weight is 534 g/mol. The van der Waals surface area contributed by atoms with Gasteiger partial charge in [-0.3, -0.25) is 0 Å². The van der Waals surface area contributed by atoms with Crippen LogP contribution in [0.1, 0.15) is 129 Å². The molecule has 5 aliphatic rings. The van der Waals surface area contributed by atoms with E-state index in [1.165, 1.54) is 63.4 Å². The molecule has 1 N–H and O–H groups in total. The van der Waals surface area contributed by atoms with Gasteiger partial charge in [0.25, 0.3) is 0 Å². The fourth-order valence-electron chi connectivity index (χ4n) is 12.4. The van der Waals surface area contributed by atoms with E-state index in [9.17, 15) is 9.90 Å². The molecule has 1 aromatic heterocycles. The summed E-state index contributed by atoms with van der Waals surface area (Å²) in [5.74, 6) is 3.17. The highest BCUT2D eigenvalue weighted by atomic mass is 16.5. The Morgan fingerprint density at radius 1 is 1.03 bits per heavy atom. The molecule has 5 aliphatic carbocycles. The minimum atomic E-state index is -1.03. The Hall–Kier alpha value is -1.84. The number of hydrogen-bond donors (Lipinski definition) is 1. The van der Waals surface area contributed by atoms with E-state index in [0.29, 0.717) is 39.8 Å². The number of aromatic nitrogens is 1. The lowest BCUT2D eigenvalue weighted by atomic mass is 9.32. The van der Waals surface area contributed by atoms with Crippen molar-refractivity contribution < 1.29 is 14.4 Å². The van der Waals surface area contributed by atoms with Crippen molar-refractivity contribution >= 4 is 11.5 Å². The number of fused-ring (bicyclic) bond motifs is 7. The van der Waals surface area contributed by atoms with Gasteiger partial charge in [0, 0.05) is 6.07 Å². The summed E-state index contributed by atoms with van der Waals surface area (Å²) in [4.78, 5) is 11.5. The summed E-state index contributed by atoms with van der Waals surface area (Å²) in [5, 5.41) is 13.3. The number of rotatable bonds is 4. The molecule has 9 atom stereocenters. The van der Waals surface area contributed by atoms with Crippen molar-refractivity contribution in [2.45, 2.75) is 113 Å². The van der Waals surface area contributed by atoms with Crippen molar-refractivity contribution in [1.29, 1.82) is 0 Å². The summed E-state index contributed by atoms with van der Waals surface area (Å²) < 4.78 is 5.61. The molecule has 0 unspecified atom stereocenters.